The van der Waals surface area contributed by atoms with Gasteiger partial charge in [-0.1, -0.05) is 0 Å². The van der Waals surface area contributed by atoms with Crippen LogP contribution in [0, 0.1) is 0 Å². The van der Waals surface area contributed by atoms with Crippen LogP contribution >= 0.6 is 0 Å². The van der Waals surface area contributed by atoms with Gasteiger partial charge in [-0.3, -0.25) is 0 Å². The SMILES string of the molecule is c1ccc([As](c2ccc(-c3ccc([As](c4ccccc4)c4cc5cccc6c7cccc8cccc(c(c4)c56)c87)cc3)cc2)c2cc3cccc4c5cccc6cccc(c(c2)c34)c65)cc1. The minimum absolute atomic E-state index is 1.25. The van der Waals surface area contributed by atoms with Crippen molar-refractivity contribution < 1.29 is 0 Å². The monoisotopic (exact) mass is 958 g/mol. The molecule has 0 saturated heterocycles. The first-order chi connectivity index (χ1) is 32.7. The van der Waals surface area contributed by atoms with Gasteiger partial charge in [0, 0.05) is 0 Å². The topological polar surface area (TPSA) is 0 Å². The van der Waals surface area contributed by atoms with Crippen LogP contribution in [0.5, 0.6) is 0 Å². The first kappa shape index (κ1) is 38.1. The summed E-state index contributed by atoms with van der Waals surface area (Å²) in [5, 5.41) is 21.5. The summed E-state index contributed by atoms with van der Waals surface area (Å²) in [5.74, 6) is 0. The Morgan fingerprint density at radius 3 is 0.818 bits per heavy atom. The van der Waals surface area contributed by atoms with Crippen molar-refractivity contribution in [2.45, 2.75) is 0 Å². The summed E-state index contributed by atoms with van der Waals surface area (Å²) < 4.78 is 8.67. The number of rotatable bonds is 7. The van der Waals surface area contributed by atoms with Gasteiger partial charge in [0.05, 0.1) is 0 Å². The van der Waals surface area contributed by atoms with Crippen molar-refractivity contribution in [2.75, 3.05) is 0 Å². The first-order valence-electron chi connectivity index (χ1n) is 22.8. The van der Waals surface area contributed by atoms with Crippen LogP contribution in [0.25, 0.3) is 97.3 Å². The molecular formula is C64H40As2. The zero-order valence-electron chi connectivity index (χ0n) is 36.0. The van der Waals surface area contributed by atoms with Crippen molar-refractivity contribution in [1.82, 2.24) is 0 Å². The molecule has 306 valence electrons. The molecule has 0 fully saturated rings. The Kier molecular flexibility index (Phi) is 8.77. The van der Waals surface area contributed by atoms with Crippen LogP contribution in [0.2, 0.25) is 0 Å². The van der Waals surface area contributed by atoms with E-state index in [1.807, 2.05) is 0 Å². The molecule has 0 aliphatic rings. The summed E-state index contributed by atoms with van der Waals surface area (Å²) in [6, 6.07) is 92.7. The number of benzene rings is 14. The van der Waals surface area contributed by atoms with Crippen molar-refractivity contribution in [1.29, 1.82) is 0 Å². The molecule has 0 spiro atoms. The van der Waals surface area contributed by atoms with Gasteiger partial charge < -0.3 is 0 Å². The molecule has 0 saturated carbocycles. The van der Waals surface area contributed by atoms with Crippen molar-refractivity contribution in [2.24, 2.45) is 0 Å². The van der Waals surface area contributed by atoms with Gasteiger partial charge in [0.25, 0.3) is 0 Å². The number of hydrogen-bond acceptors (Lipinski definition) is 0. The fraction of sp³-hybridized carbons (Fsp3) is 0. The van der Waals surface area contributed by atoms with Crippen molar-refractivity contribution in [3.63, 3.8) is 0 Å². The summed E-state index contributed by atoms with van der Waals surface area (Å²) in [6.07, 6.45) is 0. The third-order valence-electron chi connectivity index (χ3n) is 14.0. The molecule has 0 radical (unpaired) electrons. The van der Waals surface area contributed by atoms with Crippen molar-refractivity contribution in [3.8, 4) is 11.1 Å². The van der Waals surface area contributed by atoms with E-state index in [1.165, 1.54) is 123 Å². The molecule has 2 unspecified atom stereocenters. The normalized spacial score (nSPS) is 13.0. The van der Waals surface area contributed by atoms with Gasteiger partial charge in [-0.05, 0) is 0 Å². The fourth-order valence-corrected chi connectivity index (χ4v) is 21.0. The van der Waals surface area contributed by atoms with Crippen LogP contribution < -0.4 is 26.1 Å². The predicted molar refractivity (Wildman–Crippen MR) is 289 cm³/mol. The van der Waals surface area contributed by atoms with Gasteiger partial charge in [0.15, 0.2) is 0 Å². The molecule has 66 heavy (non-hydrogen) atoms. The molecule has 0 bridgehead atoms. The summed E-state index contributed by atoms with van der Waals surface area (Å²) in [5.41, 5.74) is 2.50. The summed E-state index contributed by atoms with van der Waals surface area (Å²) >= 11 is -3.94. The second kappa shape index (κ2) is 15.2. The van der Waals surface area contributed by atoms with E-state index in [2.05, 4.69) is 243 Å². The molecule has 2 heteroatoms. The van der Waals surface area contributed by atoms with Crippen LogP contribution in [0.15, 0.2) is 243 Å². The van der Waals surface area contributed by atoms with E-state index in [-0.39, 0.29) is 0 Å². The van der Waals surface area contributed by atoms with E-state index >= 15 is 0 Å². The number of fused-ring (bicyclic) bond motifs is 4. The molecule has 0 nitrogen and oxygen atoms in total. The zero-order chi connectivity index (χ0) is 43.3. The zero-order valence-corrected chi connectivity index (χ0v) is 39.7. The molecule has 0 amide bonds. The molecule has 0 aromatic heterocycles. The Morgan fingerprint density at radius 1 is 0.182 bits per heavy atom. The maximum absolute atomic E-state index is 2.55. The third-order valence-corrected chi connectivity index (χ3v) is 24.1. The van der Waals surface area contributed by atoms with E-state index in [0.717, 1.165) is 0 Å². The predicted octanol–water partition coefficient (Wildman–Crippen LogP) is 12.5. The quantitative estimate of drug-likeness (QED) is 0.0848. The molecule has 0 heterocycles. The van der Waals surface area contributed by atoms with Crippen molar-refractivity contribution in [3.05, 3.63) is 243 Å². The fourth-order valence-electron chi connectivity index (χ4n) is 11.2. The standard InChI is InChI=1S/C64H40As2/c1-3-19-47(20-4-1)65(51-37-45-17-11-25-55-53-23-7-13-43-15-9-27-57(61(43)53)59(39-51)63(45)55)49-33-29-41(30-34-49)42-31-35-50(36-32-42)66(48-21-5-2-6-22-48)52-38-46-18-12-26-56-54-24-8-14-44-16-10-28-58(62(44)54)60(40-52)64(46)56/h1-40H. The van der Waals surface area contributed by atoms with Gasteiger partial charge in [-0.25, -0.2) is 0 Å². The third kappa shape index (κ3) is 5.92. The van der Waals surface area contributed by atoms with E-state index < -0.39 is 29.3 Å². The van der Waals surface area contributed by atoms with Gasteiger partial charge >= 0.3 is 395 Å². The van der Waals surface area contributed by atoms with Gasteiger partial charge in [0.1, 0.15) is 0 Å². The van der Waals surface area contributed by atoms with E-state index in [9.17, 15) is 0 Å². The molecule has 14 aromatic carbocycles. The first-order valence-corrected chi connectivity index (χ1v) is 28.5. The van der Waals surface area contributed by atoms with Crippen LogP contribution in [0.1, 0.15) is 0 Å². The molecule has 0 N–H and O–H groups in total. The second-order valence-electron chi connectivity index (χ2n) is 17.6. The second-order valence-corrected chi connectivity index (χ2v) is 27.0. The van der Waals surface area contributed by atoms with Crippen LogP contribution in [0.4, 0.5) is 0 Å². The van der Waals surface area contributed by atoms with Crippen molar-refractivity contribution >= 4 is 142 Å². The maximum atomic E-state index is 2.55. The molecule has 0 aliphatic carbocycles. The molecule has 14 rings (SSSR count). The van der Waals surface area contributed by atoms with Crippen LogP contribution in [-0.2, 0) is 0 Å². The Hall–Kier alpha value is -7.20. The van der Waals surface area contributed by atoms with Gasteiger partial charge in [0.2, 0.25) is 0 Å². The minimum atomic E-state index is -1.97. The average molecular weight is 959 g/mol. The van der Waals surface area contributed by atoms with Gasteiger partial charge in [-0.2, -0.15) is 0 Å². The average Bonchev–Trinajstić information content (AvgIpc) is 3.38. The molecule has 2 atom stereocenters. The van der Waals surface area contributed by atoms with E-state index in [4.69, 9.17) is 0 Å². The van der Waals surface area contributed by atoms with E-state index in [1.54, 1.807) is 0 Å². The van der Waals surface area contributed by atoms with E-state index in [0.29, 0.717) is 0 Å². The Balaban J connectivity index is 0.866. The Labute approximate surface area is 392 Å². The van der Waals surface area contributed by atoms with Gasteiger partial charge in [-0.15, -0.1) is 0 Å². The molecule has 14 aromatic rings. The Bertz CT molecular complexity index is 3860. The summed E-state index contributed by atoms with van der Waals surface area (Å²) in [7, 11) is 0. The van der Waals surface area contributed by atoms with Crippen LogP contribution in [-0.4, -0.2) is 29.3 Å². The summed E-state index contributed by atoms with van der Waals surface area (Å²) in [4.78, 5) is 0. The summed E-state index contributed by atoms with van der Waals surface area (Å²) in [6.45, 7) is 0. The molecular weight excluding hydrogens is 919 g/mol. The Morgan fingerprint density at radius 2 is 0.470 bits per heavy atom. The number of hydrogen-bond donors (Lipinski definition) is 0. The van der Waals surface area contributed by atoms with Crippen LogP contribution in [0.3, 0.4) is 0 Å². The molecule has 0 aliphatic heterocycles.